The molecule has 2 aromatic carbocycles. The monoisotopic (exact) mass is 394 g/mol. The van der Waals surface area contributed by atoms with Crippen molar-refractivity contribution in [2.45, 2.75) is 45.6 Å². The fourth-order valence-corrected chi connectivity index (χ4v) is 3.36. The van der Waals surface area contributed by atoms with Gasteiger partial charge >= 0.3 is 0 Å². The van der Waals surface area contributed by atoms with Crippen LogP contribution in [-0.2, 0) is 11.3 Å². The summed E-state index contributed by atoms with van der Waals surface area (Å²) in [5.41, 5.74) is -0.557. The van der Waals surface area contributed by atoms with Crippen molar-refractivity contribution < 1.29 is 27.0 Å². The first-order valence-electron chi connectivity index (χ1n) is 9.41. The zero-order chi connectivity index (χ0) is 20.1. The minimum atomic E-state index is -1.46. The van der Waals surface area contributed by atoms with E-state index in [-0.39, 0.29) is 17.9 Å². The minimum Gasteiger partial charge on any atom is -0.496 e. The Hall–Kier alpha value is -2.50. The third-order valence-corrected chi connectivity index (χ3v) is 4.78. The molecule has 0 aromatic heterocycles. The Kier molecular flexibility index (Phi) is 6.60. The van der Waals surface area contributed by atoms with Gasteiger partial charge in [-0.2, -0.15) is 0 Å². The van der Waals surface area contributed by atoms with E-state index in [4.69, 9.17) is 9.47 Å². The van der Waals surface area contributed by atoms with Crippen LogP contribution < -0.4 is 4.74 Å². The van der Waals surface area contributed by atoms with Crippen LogP contribution in [0.15, 0.2) is 36.1 Å². The summed E-state index contributed by atoms with van der Waals surface area (Å²) in [6.07, 6.45) is 6.39. The van der Waals surface area contributed by atoms with Crippen molar-refractivity contribution in [1.82, 2.24) is 0 Å². The average Bonchev–Trinajstić information content (AvgIpc) is 2.71. The van der Waals surface area contributed by atoms with E-state index < -0.39 is 41.0 Å². The summed E-state index contributed by atoms with van der Waals surface area (Å²) in [6.45, 7) is 1.36. The van der Waals surface area contributed by atoms with Crippen LogP contribution in [0.4, 0.5) is 17.6 Å². The molecule has 1 fully saturated rings. The summed E-state index contributed by atoms with van der Waals surface area (Å²) >= 11 is 0. The number of hydrogen-bond acceptors (Lipinski definition) is 2. The van der Waals surface area contributed by atoms with E-state index in [1.54, 1.807) is 13.0 Å². The first-order valence-corrected chi connectivity index (χ1v) is 9.41. The van der Waals surface area contributed by atoms with Crippen LogP contribution in [0, 0.1) is 23.3 Å². The molecule has 2 nitrogen and oxygen atoms in total. The maximum Gasteiger partial charge on any atom is 0.170 e. The molecule has 0 saturated heterocycles. The summed E-state index contributed by atoms with van der Waals surface area (Å²) in [7, 11) is 0. The number of halogens is 4. The van der Waals surface area contributed by atoms with E-state index >= 15 is 0 Å². The van der Waals surface area contributed by atoms with Gasteiger partial charge in [0.15, 0.2) is 23.3 Å². The van der Waals surface area contributed by atoms with Crippen LogP contribution in [0.5, 0.6) is 5.75 Å². The quantitative estimate of drug-likeness (QED) is 0.309. The zero-order valence-corrected chi connectivity index (χ0v) is 15.7. The summed E-state index contributed by atoms with van der Waals surface area (Å²) in [4.78, 5) is 0. The molecular formula is C22H22F4O2. The highest BCUT2D eigenvalue weighted by molar-refractivity contribution is 5.72. The molecule has 0 bridgehead atoms. The van der Waals surface area contributed by atoms with Crippen molar-refractivity contribution in [3.05, 3.63) is 64.9 Å². The maximum absolute atomic E-state index is 14.7. The second-order valence-electron chi connectivity index (χ2n) is 6.69. The SMILES string of the molecule is CCOc1ccccc1-c1c(F)c(F)c(COC=C2CCCCC2)c(F)c1F. The van der Waals surface area contributed by atoms with Crippen molar-refractivity contribution >= 4 is 0 Å². The van der Waals surface area contributed by atoms with Gasteiger partial charge in [-0.15, -0.1) is 0 Å². The van der Waals surface area contributed by atoms with Crippen LogP contribution in [0.2, 0.25) is 0 Å². The van der Waals surface area contributed by atoms with Crippen LogP contribution in [-0.4, -0.2) is 6.61 Å². The molecule has 0 aliphatic heterocycles. The van der Waals surface area contributed by atoms with Gasteiger partial charge in [-0.3, -0.25) is 0 Å². The van der Waals surface area contributed by atoms with Gasteiger partial charge in [0.05, 0.1) is 24.0 Å². The van der Waals surface area contributed by atoms with Gasteiger partial charge in [0.1, 0.15) is 12.4 Å². The fraction of sp³-hybridized carbons (Fsp3) is 0.364. The van der Waals surface area contributed by atoms with Gasteiger partial charge in [-0.25, -0.2) is 17.6 Å². The summed E-state index contributed by atoms with van der Waals surface area (Å²) in [5.74, 6) is -5.69. The molecule has 2 aromatic rings. The number of rotatable bonds is 6. The molecular weight excluding hydrogens is 372 g/mol. The normalized spacial score (nSPS) is 14.1. The molecule has 0 N–H and O–H groups in total. The lowest BCUT2D eigenvalue weighted by molar-refractivity contribution is 0.218. The van der Waals surface area contributed by atoms with Crippen molar-refractivity contribution in [1.29, 1.82) is 0 Å². The summed E-state index contributed by atoms with van der Waals surface area (Å²) in [5, 5.41) is 0. The number of benzene rings is 2. The van der Waals surface area contributed by atoms with Gasteiger partial charge in [0.25, 0.3) is 0 Å². The molecule has 6 heteroatoms. The largest absolute Gasteiger partial charge is 0.496 e. The van der Waals surface area contributed by atoms with Crippen LogP contribution in [0.3, 0.4) is 0 Å². The van der Waals surface area contributed by atoms with E-state index in [9.17, 15) is 17.6 Å². The van der Waals surface area contributed by atoms with Crippen LogP contribution >= 0.6 is 0 Å². The maximum atomic E-state index is 14.7. The van der Waals surface area contributed by atoms with Gasteiger partial charge in [-0.05, 0) is 44.2 Å². The lowest BCUT2D eigenvalue weighted by Crippen LogP contribution is -2.08. The third kappa shape index (κ3) is 4.16. The Bertz CT molecular complexity index is 840. The molecule has 150 valence electrons. The second kappa shape index (κ2) is 9.13. The van der Waals surface area contributed by atoms with Crippen molar-refractivity contribution in [3.63, 3.8) is 0 Å². The van der Waals surface area contributed by atoms with Crippen molar-refractivity contribution in [3.8, 4) is 16.9 Å². The number of hydrogen-bond donors (Lipinski definition) is 0. The lowest BCUT2D eigenvalue weighted by atomic mass is 9.96. The van der Waals surface area contributed by atoms with E-state index in [2.05, 4.69) is 0 Å². The third-order valence-electron chi connectivity index (χ3n) is 4.78. The highest BCUT2D eigenvalue weighted by Gasteiger charge is 2.28. The van der Waals surface area contributed by atoms with Gasteiger partial charge in [0, 0.05) is 5.56 Å². The molecule has 0 amide bonds. The number of allylic oxidation sites excluding steroid dienone is 1. The number of ether oxygens (including phenoxy) is 2. The first kappa shape index (κ1) is 20.2. The standard InChI is InChI=1S/C22H22F4O2/c1-2-28-17-11-7-6-10-15(17)18-21(25)19(23)16(20(24)22(18)26)13-27-12-14-8-4-3-5-9-14/h6-7,10-12H,2-5,8-9,13H2,1H3. The highest BCUT2D eigenvalue weighted by atomic mass is 19.2. The average molecular weight is 394 g/mol. The van der Waals surface area contributed by atoms with Crippen molar-refractivity contribution in [2.75, 3.05) is 6.61 Å². The smallest absolute Gasteiger partial charge is 0.170 e. The number of para-hydroxylation sites is 1. The molecule has 3 rings (SSSR count). The summed E-state index contributed by atoms with van der Waals surface area (Å²) in [6, 6.07) is 5.97. The predicted molar refractivity (Wildman–Crippen MR) is 98.8 cm³/mol. The Morgan fingerprint density at radius 3 is 2.18 bits per heavy atom. The molecule has 0 atom stereocenters. The van der Waals surface area contributed by atoms with Crippen molar-refractivity contribution in [2.24, 2.45) is 0 Å². The molecule has 0 unspecified atom stereocenters. The molecule has 1 saturated carbocycles. The Morgan fingerprint density at radius 1 is 0.893 bits per heavy atom. The van der Waals surface area contributed by atoms with Crippen LogP contribution in [0.1, 0.15) is 44.6 Å². The topological polar surface area (TPSA) is 18.5 Å². The lowest BCUT2D eigenvalue weighted by Gasteiger charge is -2.16. The van der Waals surface area contributed by atoms with E-state index in [1.165, 1.54) is 24.5 Å². The first-order chi connectivity index (χ1) is 13.5. The molecule has 1 aliphatic carbocycles. The Balaban J connectivity index is 1.94. The fourth-order valence-electron chi connectivity index (χ4n) is 3.36. The molecule has 1 aliphatic rings. The molecule has 0 spiro atoms. The Morgan fingerprint density at radius 2 is 1.54 bits per heavy atom. The van der Waals surface area contributed by atoms with Gasteiger partial charge in [0.2, 0.25) is 0 Å². The molecule has 28 heavy (non-hydrogen) atoms. The molecule has 0 radical (unpaired) electrons. The summed E-state index contributed by atoms with van der Waals surface area (Å²) < 4.78 is 69.0. The van der Waals surface area contributed by atoms with E-state index in [0.29, 0.717) is 0 Å². The minimum absolute atomic E-state index is 0.0473. The predicted octanol–water partition coefficient (Wildman–Crippen LogP) is 6.67. The van der Waals surface area contributed by atoms with Crippen LogP contribution in [0.25, 0.3) is 11.1 Å². The Labute approximate surface area is 161 Å². The van der Waals surface area contributed by atoms with Gasteiger partial charge < -0.3 is 9.47 Å². The highest BCUT2D eigenvalue weighted by Crippen LogP contribution is 2.37. The van der Waals surface area contributed by atoms with E-state index in [1.807, 2.05) is 0 Å². The zero-order valence-electron chi connectivity index (χ0n) is 15.7. The molecule has 0 heterocycles. The second-order valence-corrected chi connectivity index (χ2v) is 6.69. The van der Waals surface area contributed by atoms with Gasteiger partial charge in [-0.1, -0.05) is 24.6 Å². The van der Waals surface area contributed by atoms with E-state index in [0.717, 1.165) is 37.7 Å².